The van der Waals surface area contributed by atoms with Crippen LogP contribution in [-0.2, 0) is 0 Å². The van der Waals surface area contributed by atoms with Crippen molar-refractivity contribution in [2.75, 3.05) is 13.1 Å². The predicted octanol–water partition coefficient (Wildman–Crippen LogP) is 1.53. The van der Waals surface area contributed by atoms with E-state index in [1.54, 1.807) is 0 Å². The second kappa shape index (κ2) is 2.49. The molecule has 0 aromatic carbocycles. The molecule has 0 unspecified atom stereocenters. The molecule has 0 aromatic rings. The number of hydrogen-bond acceptors (Lipinski definition) is 2. The minimum atomic E-state index is 0.508. The monoisotopic (exact) mass is 150 g/mol. The van der Waals surface area contributed by atoms with Crippen molar-refractivity contribution in [1.29, 1.82) is 5.26 Å². The average Bonchev–Trinajstić information content (AvgIpc) is 2.77. The molecule has 1 spiro atoms. The number of nitriles is 1. The highest BCUT2D eigenvalue weighted by Gasteiger charge is 2.48. The summed E-state index contributed by atoms with van der Waals surface area (Å²) in [4.78, 5) is 2.39. The van der Waals surface area contributed by atoms with E-state index in [-0.39, 0.29) is 0 Å². The lowest BCUT2D eigenvalue weighted by Crippen LogP contribution is -2.41. The summed E-state index contributed by atoms with van der Waals surface area (Å²) in [5.74, 6) is 0. The van der Waals surface area contributed by atoms with Crippen molar-refractivity contribution in [1.82, 2.24) is 4.90 Å². The Hall–Kier alpha value is -0.550. The predicted molar refractivity (Wildman–Crippen MR) is 43.0 cm³/mol. The average molecular weight is 150 g/mol. The molecule has 2 nitrogen and oxygen atoms in total. The largest absolute Gasteiger partial charge is 0.285 e. The summed E-state index contributed by atoms with van der Waals surface area (Å²) in [5, 5.41) is 8.59. The molecule has 11 heavy (non-hydrogen) atoms. The molecule has 2 rings (SSSR count). The number of likely N-dealkylation sites (tertiary alicyclic amines) is 1. The van der Waals surface area contributed by atoms with E-state index in [1.165, 1.54) is 32.1 Å². The van der Waals surface area contributed by atoms with Gasteiger partial charge in [0.2, 0.25) is 0 Å². The molecule has 0 aromatic heterocycles. The molecular formula is C9H14N2. The van der Waals surface area contributed by atoms with Crippen LogP contribution in [0, 0.1) is 11.3 Å². The van der Waals surface area contributed by atoms with E-state index in [9.17, 15) is 0 Å². The van der Waals surface area contributed by atoms with Crippen LogP contribution in [0.3, 0.4) is 0 Å². The molecule has 1 aliphatic heterocycles. The van der Waals surface area contributed by atoms with Gasteiger partial charge in [-0.1, -0.05) is 6.42 Å². The van der Waals surface area contributed by atoms with E-state index in [1.807, 2.05) is 0 Å². The van der Waals surface area contributed by atoms with E-state index in [0.29, 0.717) is 12.1 Å². The Kier molecular flexibility index (Phi) is 1.61. The molecule has 0 amide bonds. The van der Waals surface area contributed by atoms with Crippen LogP contribution in [0.2, 0.25) is 0 Å². The summed E-state index contributed by atoms with van der Waals surface area (Å²) < 4.78 is 0. The van der Waals surface area contributed by atoms with Crippen LogP contribution in [-0.4, -0.2) is 23.5 Å². The zero-order chi connectivity index (χ0) is 7.73. The summed E-state index contributed by atoms with van der Waals surface area (Å²) in [6.45, 7) is 1.81. The van der Waals surface area contributed by atoms with Gasteiger partial charge >= 0.3 is 0 Å². The minimum absolute atomic E-state index is 0.508. The van der Waals surface area contributed by atoms with Gasteiger partial charge in [-0.15, -0.1) is 0 Å². The fourth-order valence-electron chi connectivity index (χ4n) is 2.19. The zero-order valence-corrected chi connectivity index (χ0v) is 6.84. The van der Waals surface area contributed by atoms with E-state index in [0.717, 1.165) is 6.54 Å². The van der Waals surface area contributed by atoms with Crippen LogP contribution >= 0.6 is 0 Å². The second-order valence-corrected chi connectivity index (χ2v) is 3.76. The highest BCUT2D eigenvalue weighted by atomic mass is 15.2. The van der Waals surface area contributed by atoms with Crippen LogP contribution in [0.15, 0.2) is 0 Å². The van der Waals surface area contributed by atoms with Gasteiger partial charge in [0.25, 0.3) is 0 Å². The Bertz CT molecular complexity index is 188. The van der Waals surface area contributed by atoms with Crippen molar-refractivity contribution in [3.8, 4) is 6.07 Å². The number of hydrogen-bond donors (Lipinski definition) is 0. The van der Waals surface area contributed by atoms with Crippen LogP contribution in [0.5, 0.6) is 0 Å². The van der Waals surface area contributed by atoms with Crippen LogP contribution < -0.4 is 0 Å². The zero-order valence-electron chi connectivity index (χ0n) is 6.84. The van der Waals surface area contributed by atoms with Crippen molar-refractivity contribution in [2.45, 2.75) is 37.6 Å². The molecular weight excluding hydrogens is 136 g/mol. The molecule has 0 radical (unpaired) electrons. The van der Waals surface area contributed by atoms with Gasteiger partial charge in [-0.25, -0.2) is 0 Å². The standard InChI is InChI=1S/C9H14N2/c10-6-8-11-7-2-1-3-9(11)4-5-9/h1-5,7-8H2. The third-order valence-corrected chi connectivity index (χ3v) is 3.08. The van der Waals surface area contributed by atoms with Gasteiger partial charge in [-0.2, -0.15) is 5.26 Å². The third-order valence-electron chi connectivity index (χ3n) is 3.08. The normalized spacial score (nSPS) is 28.3. The van der Waals surface area contributed by atoms with Gasteiger partial charge in [0.1, 0.15) is 0 Å². The van der Waals surface area contributed by atoms with Gasteiger partial charge in [-0.05, 0) is 32.2 Å². The molecule has 0 bridgehead atoms. The van der Waals surface area contributed by atoms with Crippen molar-refractivity contribution < 1.29 is 0 Å². The van der Waals surface area contributed by atoms with E-state index in [4.69, 9.17) is 5.26 Å². The van der Waals surface area contributed by atoms with E-state index >= 15 is 0 Å². The number of piperidine rings is 1. The molecule has 1 heterocycles. The first kappa shape index (κ1) is 7.12. The molecule has 60 valence electrons. The van der Waals surface area contributed by atoms with Gasteiger partial charge in [0, 0.05) is 5.54 Å². The lowest BCUT2D eigenvalue weighted by atomic mass is 10.0. The first-order chi connectivity index (χ1) is 5.37. The number of rotatable bonds is 1. The fraction of sp³-hybridized carbons (Fsp3) is 0.889. The van der Waals surface area contributed by atoms with Crippen LogP contribution in [0.4, 0.5) is 0 Å². The molecule has 2 aliphatic rings. The summed E-state index contributed by atoms with van der Waals surface area (Å²) in [6, 6.07) is 2.26. The highest BCUT2D eigenvalue weighted by Crippen LogP contribution is 2.47. The molecule has 2 heteroatoms. The minimum Gasteiger partial charge on any atom is -0.285 e. The first-order valence-electron chi connectivity index (χ1n) is 4.49. The lowest BCUT2D eigenvalue weighted by molar-refractivity contribution is 0.147. The number of nitrogens with zero attached hydrogens (tertiary/aromatic N) is 2. The van der Waals surface area contributed by atoms with E-state index in [2.05, 4.69) is 11.0 Å². The summed E-state index contributed by atoms with van der Waals surface area (Å²) >= 11 is 0. The van der Waals surface area contributed by atoms with Gasteiger partial charge in [-0.3, -0.25) is 4.90 Å². The Labute approximate surface area is 67.8 Å². The molecule has 1 aliphatic carbocycles. The van der Waals surface area contributed by atoms with Crippen molar-refractivity contribution in [3.05, 3.63) is 0 Å². The molecule has 2 fully saturated rings. The maximum atomic E-state index is 8.59. The Balaban J connectivity index is 2.00. The third kappa shape index (κ3) is 1.14. The van der Waals surface area contributed by atoms with Gasteiger partial charge < -0.3 is 0 Å². The Morgan fingerprint density at radius 1 is 1.27 bits per heavy atom. The van der Waals surface area contributed by atoms with Crippen molar-refractivity contribution in [2.24, 2.45) is 0 Å². The summed E-state index contributed by atoms with van der Waals surface area (Å²) in [7, 11) is 0. The quantitative estimate of drug-likeness (QED) is 0.530. The molecule has 0 atom stereocenters. The second-order valence-electron chi connectivity index (χ2n) is 3.76. The smallest absolute Gasteiger partial charge is 0.0870 e. The van der Waals surface area contributed by atoms with E-state index < -0.39 is 0 Å². The maximum absolute atomic E-state index is 8.59. The Morgan fingerprint density at radius 2 is 2.09 bits per heavy atom. The lowest BCUT2D eigenvalue weighted by Gasteiger charge is -2.34. The van der Waals surface area contributed by atoms with Gasteiger partial charge in [0.15, 0.2) is 0 Å². The highest BCUT2D eigenvalue weighted by molar-refractivity contribution is 5.07. The van der Waals surface area contributed by atoms with Crippen LogP contribution in [0.25, 0.3) is 0 Å². The SMILES string of the molecule is N#CCN1CCCCC12CC2. The summed E-state index contributed by atoms with van der Waals surface area (Å²) in [5.41, 5.74) is 0.508. The molecule has 1 saturated heterocycles. The molecule has 1 saturated carbocycles. The fourth-order valence-corrected chi connectivity index (χ4v) is 2.19. The summed E-state index contributed by atoms with van der Waals surface area (Å²) in [6.07, 6.45) is 6.70. The van der Waals surface area contributed by atoms with Crippen molar-refractivity contribution in [3.63, 3.8) is 0 Å². The van der Waals surface area contributed by atoms with Gasteiger partial charge in [0.05, 0.1) is 12.6 Å². The van der Waals surface area contributed by atoms with Crippen LogP contribution in [0.1, 0.15) is 32.1 Å². The Morgan fingerprint density at radius 3 is 2.73 bits per heavy atom. The van der Waals surface area contributed by atoms with Crippen molar-refractivity contribution >= 4 is 0 Å². The first-order valence-corrected chi connectivity index (χ1v) is 4.49. The molecule has 0 N–H and O–H groups in total. The topological polar surface area (TPSA) is 27.0 Å². The maximum Gasteiger partial charge on any atom is 0.0870 e.